The van der Waals surface area contributed by atoms with Crippen molar-refractivity contribution in [1.82, 2.24) is 10.6 Å². The lowest BCUT2D eigenvalue weighted by molar-refractivity contribution is -0.139. The predicted octanol–water partition coefficient (Wildman–Crippen LogP) is -1.06. The van der Waals surface area contributed by atoms with Crippen LogP contribution in [0.15, 0.2) is 48.5 Å². The van der Waals surface area contributed by atoms with E-state index in [0.717, 1.165) is 10.6 Å². The number of fused-ring (bicyclic) bond motifs is 1. The van der Waals surface area contributed by atoms with Crippen LogP contribution in [0.5, 0.6) is 0 Å². The number of aliphatic hydroxyl groups is 1. The molecule has 1 aliphatic heterocycles. The zero-order valence-corrected chi connectivity index (χ0v) is 22.1. The van der Waals surface area contributed by atoms with Gasteiger partial charge < -0.3 is 35.4 Å². The Balaban J connectivity index is 1.95. The minimum absolute atomic E-state index is 0.00841. The van der Waals surface area contributed by atoms with Gasteiger partial charge in [-0.25, -0.2) is 0 Å². The van der Waals surface area contributed by atoms with E-state index in [9.17, 15) is 33.9 Å². The number of rotatable bonds is 10. The first-order valence-electron chi connectivity index (χ1n) is 12.4. The minimum Gasteiger partial charge on any atom is -0.565 e. The number of aliphatic hydroxyl groups excluding tert-OH is 1. The van der Waals surface area contributed by atoms with Gasteiger partial charge in [0.1, 0.15) is 37.9 Å². The molecule has 0 spiro atoms. The molecule has 0 fully saturated rings. The molecule has 4 amide bonds. The zero-order valence-electron chi connectivity index (χ0n) is 22.1. The quantitative estimate of drug-likeness (QED) is 0.246. The van der Waals surface area contributed by atoms with E-state index in [-0.39, 0.29) is 24.3 Å². The number of amides is 4. The molecule has 0 aromatic heterocycles. The van der Waals surface area contributed by atoms with Gasteiger partial charge in [0.25, 0.3) is 11.8 Å². The lowest BCUT2D eigenvalue weighted by Gasteiger charge is -2.35. The molecule has 1 aliphatic rings. The van der Waals surface area contributed by atoms with Crippen LogP contribution in [0, 0.1) is 0 Å². The molecule has 2 aromatic rings. The molecule has 13 heteroatoms. The van der Waals surface area contributed by atoms with Crippen molar-refractivity contribution in [2.24, 2.45) is 0 Å². The summed E-state index contributed by atoms with van der Waals surface area (Å²) in [7, 11) is 3.71. The summed E-state index contributed by atoms with van der Waals surface area (Å²) in [4.78, 5) is 79.0. The van der Waals surface area contributed by atoms with Crippen molar-refractivity contribution in [2.75, 3.05) is 48.5 Å². The van der Waals surface area contributed by atoms with Crippen molar-refractivity contribution in [1.29, 1.82) is 0 Å². The number of nitrogens with one attached hydrogen (secondary N) is 2. The second-order valence-electron chi connectivity index (χ2n) is 9.31. The smallest absolute Gasteiger partial charge is 0.518 e. The van der Waals surface area contributed by atoms with Crippen molar-refractivity contribution in [3.63, 3.8) is 0 Å². The van der Waals surface area contributed by atoms with Crippen molar-refractivity contribution in [3.8, 4) is 0 Å². The van der Waals surface area contributed by atoms with Gasteiger partial charge in [0.05, 0.1) is 11.4 Å². The van der Waals surface area contributed by atoms with Crippen LogP contribution in [0.3, 0.4) is 0 Å². The Morgan fingerprint density at radius 1 is 1.10 bits per heavy atom. The lowest BCUT2D eigenvalue weighted by atomic mass is 10.1. The summed E-state index contributed by atoms with van der Waals surface area (Å²) in [5, 5.41) is 21.6. The Morgan fingerprint density at radius 3 is 2.33 bits per heavy atom. The van der Waals surface area contributed by atoms with E-state index >= 15 is 0 Å². The summed E-state index contributed by atoms with van der Waals surface area (Å²) >= 11 is 0. The summed E-state index contributed by atoms with van der Waals surface area (Å²) < 4.78 is 0. The van der Waals surface area contributed by atoms with Crippen molar-refractivity contribution >= 4 is 52.9 Å². The fraction of sp³-hybridized carbons (Fsp3) is 0.333. The molecule has 0 radical (unpaired) electrons. The van der Waals surface area contributed by atoms with Crippen LogP contribution in [0.1, 0.15) is 23.2 Å². The van der Waals surface area contributed by atoms with Gasteiger partial charge in [-0.2, -0.15) is 0 Å². The Hall–Kier alpha value is -4.78. The van der Waals surface area contributed by atoms with Crippen LogP contribution in [0.4, 0.5) is 17.1 Å². The standard InChI is InChI=1S/C27H31N5O8/c1-30(2)19-9-7-17(8-10-19)26(39)29-20-11-12-31(24(36)16-34)21-5-3-4-6-22(21)32(27(20)40)14-23(35)28-18(15-33)13-25(37)38/h3-10,15,18,20,34H,11-14,16H2,1-2H3,(H,28,35)(H,29,39)(H,37,38)/p+1/t18-,20-/m0/s1. The number of benzene rings is 2. The average molecular weight is 555 g/mol. The van der Waals surface area contributed by atoms with Crippen molar-refractivity contribution in [3.05, 3.63) is 54.1 Å². The summed E-state index contributed by atoms with van der Waals surface area (Å²) in [5.41, 5.74) is 1.59. The van der Waals surface area contributed by atoms with Crippen molar-refractivity contribution in [2.45, 2.75) is 24.9 Å². The first-order valence-corrected chi connectivity index (χ1v) is 12.4. The molecule has 212 valence electrons. The number of hydrogen-bond donors (Lipinski definition) is 3. The van der Waals surface area contributed by atoms with Crippen LogP contribution < -0.4 is 25.3 Å². The third-order valence-corrected chi connectivity index (χ3v) is 6.27. The van der Waals surface area contributed by atoms with Gasteiger partial charge in [-0.15, -0.1) is 0 Å². The third-order valence-electron chi connectivity index (χ3n) is 6.27. The molecule has 0 saturated heterocycles. The van der Waals surface area contributed by atoms with E-state index in [1.807, 2.05) is 19.0 Å². The van der Waals surface area contributed by atoms with Gasteiger partial charge >= 0.3 is 5.97 Å². The predicted molar refractivity (Wildman–Crippen MR) is 146 cm³/mol. The van der Waals surface area contributed by atoms with Crippen LogP contribution in [0.25, 0.3) is 0 Å². The van der Waals surface area contributed by atoms with Gasteiger partial charge in [0.2, 0.25) is 11.8 Å². The number of anilines is 3. The highest BCUT2D eigenvalue weighted by molar-refractivity contribution is 6.09. The maximum Gasteiger partial charge on any atom is 0.518 e. The Kier molecular flexibility index (Phi) is 9.92. The summed E-state index contributed by atoms with van der Waals surface area (Å²) in [6, 6.07) is 10.6. The number of carbonyl (C=O) groups is 6. The van der Waals surface area contributed by atoms with Gasteiger partial charge in [-0.05, 0) is 42.8 Å². The highest BCUT2D eigenvalue weighted by atomic mass is 16.4. The van der Waals surface area contributed by atoms with Gasteiger partial charge in [0.15, 0.2) is 0 Å². The number of nitrogens with zero attached hydrogens (tertiary/aromatic N) is 3. The first kappa shape index (κ1) is 29.8. The number of aldehydes is 1. The molecule has 3 rings (SSSR count). The zero-order chi connectivity index (χ0) is 29.4. The highest BCUT2D eigenvalue weighted by Crippen LogP contribution is 2.32. The largest absolute Gasteiger partial charge is 0.565 e. The van der Waals surface area contributed by atoms with Crippen LogP contribution >= 0.6 is 0 Å². The van der Waals surface area contributed by atoms with E-state index in [2.05, 4.69) is 10.6 Å². The van der Waals surface area contributed by atoms with E-state index < -0.39 is 61.3 Å². The molecule has 1 heterocycles. The molecule has 0 saturated carbocycles. The molecule has 5 N–H and O–H groups in total. The van der Waals surface area contributed by atoms with E-state index in [4.69, 9.17) is 5.11 Å². The summed E-state index contributed by atoms with van der Waals surface area (Å²) in [6.07, 6.45) is -0.244. The molecule has 0 unspecified atom stereocenters. The Morgan fingerprint density at radius 2 is 1.75 bits per heavy atom. The maximum absolute atomic E-state index is 13.8. The van der Waals surface area contributed by atoms with Crippen LogP contribution in [-0.2, 0) is 24.0 Å². The normalized spacial score (nSPS) is 15.7. The molecule has 13 nitrogen and oxygen atoms in total. The van der Waals surface area contributed by atoms with Crippen LogP contribution in [0.2, 0.25) is 0 Å². The first-order chi connectivity index (χ1) is 19.0. The third kappa shape index (κ3) is 7.20. The fourth-order valence-corrected chi connectivity index (χ4v) is 4.25. The van der Waals surface area contributed by atoms with E-state index in [1.54, 1.807) is 42.5 Å². The monoisotopic (exact) mass is 554 g/mol. The van der Waals surface area contributed by atoms with Gasteiger partial charge in [-0.1, -0.05) is 12.1 Å². The SMILES string of the molecule is CN(C)c1ccc(C(=O)N[C@H]2CCN(C(=O)CO)c3ccccc3N(CC(=O)N[C@H](C=O)CC(=O)[OH2+])C2=O)cc1. The molecule has 40 heavy (non-hydrogen) atoms. The molecule has 0 bridgehead atoms. The molecule has 0 aliphatic carbocycles. The van der Waals surface area contributed by atoms with E-state index in [0.29, 0.717) is 11.8 Å². The second kappa shape index (κ2) is 13.3. The summed E-state index contributed by atoms with van der Waals surface area (Å²) in [5.74, 6) is -3.69. The Bertz CT molecular complexity index is 1280. The van der Waals surface area contributed by atoms with E-state index in [1.165, 1.54) is 11.0 Å². The molecular formula is C27H32N5O8+. The average Bonchev–Trinajstić information content (AvgIpc) is 2.93. The molecule has 2 atom stereocenters. The topological polar surface area (TPSA) is 179 Å². The van der Waals surface area contributed by atoms with Gasteiger partial charge in [0, 0.05) is 36.7 Å². The minimum atomic E-state index is -1.26. The fourth-order valence-electron chi connectivity index (χ4n) is 4.25. The number of para-hydroxylation sites is 2. The lowest BCUT2D eigenvalue weighted by Crippen LogP contribution is -2.55. The maximum atomic E-state index is 13.8. The Labute approximate surface area is 230 Å². The van der Waals surface area contributed by atoms with Gasteiger partial charge in [-0.3, -0.25) is 24.1 Å². The molecule has 2 aromatic carbocycles. The second-order valence-corrected chi connectivity index (χ2v) is 9.31. The van der Waals surface area contributed by atoms with Crippen LogP contribution in [-0.4, -0.2) is 92.0 Å². The highest BCUT2D eigenvalue weighted by Gasteiger charge is 2.35. The summed E-state index contributed by atoms with van der Waals surface area (Å²) in [6.45, 7) is -1.43. The number of carbonyl (C=O) groups excluding carboxylic acids is 6. The number of hydrogen-bond acceptors (Lipinski definition) is 8. The van der Waals surface area contributed by atoms with Crippen molar-refractivity contribution < 1.29 is 39.0 Å². The molecular weight excluding hydrogens is 522 g/mol.